The van der Waals surface area contributed by atoms with Gasteiger partial charge in [0.1, 0.15) is 0 Å². The van der Waals surface area contributed by atoms with Crippen LogP contribution in [0.4, 0.5) is 0 Å². The predicted octanol–water partition coefficient (Wildman–Crippen LogP) is 1.88. The molecule has 0 aromatic heterocycles. The minimum absolute atomic E-state index is 0.164. The number of hydrogen-bond donors (Lipinski definition) is 2. The van der Waals surface area contributed by atoms with Gasteiger partial charge >= 0.3 is 5.97 Å². The van der Waals surface area contributed by atoms with E-state index in [0.29, 0.717) is 5.92 Å². The number of nitrogens with one attached hydrogen (secondary N) is 1. The second-order valence-electron chi connectivity index (χ2n) is 4.64. The summed E-state index contributed by atoms with van der Waals surface area (Å²) in [4.78, 5) is 11.0. The maximum Gasteiger partial charge on any atom is 0.308 e. The van der Waals surface area contributed by atoms with Crippen molar-refractivity contribution in [2.24, 2.45) is 11.8 Å². The molecule has 0 aliphatic heterocycles. The molecule has 1 saturated carbocycles. The van der Waals surface area contributed by atoms with Crippen molar-refractivity contribution >= 4 is 5.97 Å². The van der Waals surface area contributed by atoms with Crippen LogP contribution in [0.25, 0.3) is 0 Å². The molecule has 0 aromatic carbocycles. The summed E-state index contributed by atoms with van der Waals surface area (Å²) in [5, 5.41) is 12.4. The van der Waals surface area contributed by atoms with Crippen molar-refractivity contribution in [3.63, 3.8) is 0 Å². The van der Waals surface area contributed by atoms with E-state index in [0.717, 1.165) is 25.8 Å². The van der Waals surface area contributed by atoms with Gasteiger partial charge in [0.25, 0.3) is 0 Å². The van der Waals surface area contributed by atoms with Gasteiger partial charge in [-0.05, 0) is 25.3 Å². The Hall–Kier alpha value is -0.570. The zero-order chi connectivity index (χ0) is 10.6. The molecule has 82 valence electrons. The predicted molar refractivity (Wildman–Crippen MR) is 56.2 cm³/mol. The smallest absolute Gasteiger partial charge is 0.308 e. The van der Waals surface area contributed by atoms with E-state index in [-0.39, 0.29) is 12.0 Å². The number of carboxylic acid groups (broad SMARTS) is 1. The zero-order valence-corrected chi connectivity index (χ0v) is 9.12. The Kier molecular flexibility index (Phi) is 4.39. The highest BCUT2D eigenvalue weighted by molar-refractivity contribution is 5.71. The van der Waals surface area contributed by atoms with Crippen LogP contribution in [-0.4, -0.2) is 23.7 Å². The molecule has 0 unspecified atom stereocenters. The van der Waals surface area contributed by atoms with Crippen molar-refractivity contribution in [2.75, 3.05) is 6.54 Å². The SMILES string of the molecule is CC(C)CN[C@H]1CCCC[C@H]1C(=O)O. The molecule has 1 rings (SSSR count). The minimum Gasteiger partial charge on any atom is -0.481 e. The normalized spacial score (nSPS) is 27.9. The highest BCUT2D eigenvalue weighted by Crippen LogP contribution is 2.24. The summed E-state index contributed by atoms with van der Waals surface area (Å²) < 4.78 is 0. The van der Waals surface area contributed by atoms with Crippen LogP contribution in [-0.2, 0) is 4.79 Å². The average molecular weight is 199 g/mol. The Morgan fingerprint density at radius 2 is 2.07 bits per heavy atom. The van der Waals surface area contributed by atoms with Crippen molar-refractivity contribution in [1.29, 1.82) is 0 Å². The molecule has 3 heteroatoms. The average Bonchev–Trinajstić information content (AvgIpc) is 2.15. The summed E-state index contributed by atoms with van der Waals surface area (Å²) in [5.41, 5.74) is 0. The van der Waals surface area contributed by atoms with Crippen molar-refractivity contribution in [1.82, 2.24) is 5.32 Å². The maximum absolute atomic E-state index is 11.0. The minimum atomic E-state index is -0.633. The number of carbonyl (C=O) groups is 1. The molecule has 2 atom stereocenters. The van der Waals surface area contributed by atoms with E-state index in [1.165, 1.54) is 6.42 Å². The Morgan fingerprint density at radius 1 is 1.43 bits per heavy atom. The topological polar surface area (TPSA) is 49.3 Å². The van der Waals surface area contributed by atoms with E-state index in [1.54, 1.807) is 0 Å². The van der Waals surface area contributed by atoms with E-state index in [4.69, 9.17) is 5.11 Å². The fourth-order valence-corrected chi connectivity index (χ4v) is 2.06. The Balaban J connectivity index is 2.42. The van der Waals surface area contributed by atoms with Gasteiger partial charge in [-0.1, -0.05) is 26.7 Å². The third-order valence-electron chi connectivity index (χ3n) is 2.87. The van der Waals surface area contributed by atoms with Gasteiger partial charge in [-0.3, -0.25) is 4.79 Å². The van der Waals surface area contributed by atoms with E-state index in [9.17, 15) is 4.79 Å². The van der Waals surface area contributed by atoms with Gasteiger partial charge in [0.15, 0.2) is 0 Å². The van der Waals surface area contributed by atoms with E-state index >= 15 is 0 Å². The molecule has 0 saturated heterocycles. The molecule has 1 aliphatic carbocycles. The molecular weight excluding hydrogens is 178 g/mol. The first-order chi connectivity index (χ1) is 6.61. The molecule has 0 bridgehead atoms. The van der Waals surface area contributed by atoms with E-state index < -0.39 is 5.97 Å². The zero-order valence-electron chi connectivity index (χ0n) is 9.12. The molecule has 1 aliphatic rings. The third kappa shape index (κ3) is 3.29. The molecular formula is C11H21NO2. The summed E-state index contributed by atoms with van der Waals surface area (Å²) in [6.07, 6.45) is 4.09. The summed E-state index contributed by atoms with van der Waals surface area (Å²) in [6, 6.07) is 0.198. The first-order valence-electron chi connectivity index (χ1n) is 5.57. The van der Waals surface area contributed by atoms with Gasteiger partial charge in [0, 0.05) is 6.04 Å². The van der Waals surface area contributed by atoms with E-state index in [2.05, 4.69) is 19.2 Å². The molecule has 0 radical (unpaired) electrons. The lowest BCUT2D eigenvalue weighted by molar-refractivity contribution is -0.143. The molecule has 0 amide bonds. The second-order valence-corrected chi connectivity index (χ2v) is 4.64. The summed E-state index contributed by atoms with van der Waals surface area (Å²) in [7, 11) is 0. The second kappa shape index (κ2) is 5.35. The monoisotopic (exact) mass is 199 g/mol. The first-order valence-corrected chi connectivity index (χ1v) is 5.57. The van der Waals surface area contributed by atoms with Gasteiger partial charge in [0.2, 0.25) is 0 Å². The number of carboxylic acids is 1. The molecule has 14 heavy (non-hydrogen) atoms. The largest absolute Gasteiger partial charge is 0.481 e. The molecule has 0 heterocycles. The molecule has 2 N–H and O–H groups in total. The Bertz CT molecular complexity index is 192. The summed E-state index contributed by atoms with van der Waals surface area (Å²) in [5.74, 6) is -0.208. The van der Waals surface area contributed by atoms with Crippen LogP contribution in [0.15, 0.2) is 0 Å². The van der Waals surface area contributed by atoms with Crippen molar-refractivity contribution in [2.45, 2.75) is 45.6 Å². The lowest BCUT2D eigenvalue weighted by Gasteiger charge is -2.30. The van der Waals surface area contributed by atoms with Crippen LogP contribution >= 0.6 is 0 Å². The molecule has 3 nitrogen and oxygen atoms in total. The van der Waals surface area contributed by atoms with Gasteiger partial charge in [-0.2, -0.15) is 0 Å². The molecule has 1 fully saturated rings. The number of aliphatic carboxylic acids is 1. The van der Waals surface area contributed by atoms with Gasteiger partial charge in [0.05, 0.1) is 5.92 Å². The summed E-state index contributed by atoms with van der Waals surface area (Å²) in [6.45, 7) is 5.21. The third-order valence-corrected chi connectivity index (χ3v) is 2.87. The van der Waals surface area contributed by atoms with E-state index in [1.807, 2.05) is 0 Å². The Labute approximate surface area is 85.9 Å². The van der Waals surface area contributed by atoms with Crippen molar-refractivity contribution < 1.29 is 9.90 Å². The van der Waals surface area contributed by atoms with Gasteiger partial charge in [-0.25, -0.2) is 0 Å². The van der Waals surface area contributed by atoms with Crippen LogP contribution < -0.4 is 5.32 Å². The lowest BCUT2D eigenvalue weighted by atomic mass is 9.84. The van der Waals surface area contributed by atoms with Crippen LogP contribution in [0, 0.1) is 11.8 Å². The highest BCUT2D eigenvalue weighted by atomic mass is 16.4. The van der Waals surface area contributed by atoms with Crippen LogP contribution in [0.2, 0.25) is 0 Å². The highest BCUT2D eigenvalue weighted by Gasteiger charge is 2.30. The number of rotatable bonds is 4. The van der Waals surface area contributed by atoms with Crippen LogP contribution in [0.5, 0.6) is 0 Å². The molecule has 0 spiro atoms. The van der Waals surface area contributed by atoms with Crippen LogP contribution in [0.1, 0.15) is 39.5 Å². The quantitative estimate of drug-likeness (QED) is 0.726. The molecule has 0 aromatic rings. The number of hydrogen-bond acceptors (Lipinski definition) is 2. The Morgan fingerprint density at radius 3 is 2.64 bits per heavy atom. The van der Waals surface area contributed by atoms with Crippen molar-refractivity contribution in [3.05, 3.63) is 0 Å². The van der Waals surface area contributed by atoms with Crippen molar-refractivity contribution in [3.8, 4) is 0 Å². The maximum atomic E-state index is 11.0. The van der Waals surface area contributed by atoms with Gasteiger partial charge in [-0.15, -0.1) is 0 Å². The standard InChI is InChI=1S/C11H21NO2/c1-8(2)7-12-10-6-4-3-5-9(10)11(13)14/h8-10,12H,3-7H2,1-2H3,(H,13,14)/t9-,10+/m1/s1. The van der Waals surface area contributed by atoms with Crippen LogP contribution in [0.3, 0.4) is 0 Å². The fourth-order valence-electron chi connectivity index (χ4n) is 2.06. The van der Waals surface area contributed by atoms with Gasteiger partial charge < -0.3 is 10.4 Å². The first kappa shape index (κ1) is 11.5. The fraction of sp³-hybridized carbons (Fsp3) is 0.909. The summed E-state index contributed by atoms with van der Waals surface area (Å²) >= 11 is 0. The lowest BCUT2D eigenvalue weighted by Crippen LogP contribution is -2.43.